The van der Waals surface area contributed by atoms with Crippen molar-refractivity contribution in [2.75, 3.05) is 6.54 Å². The van der Waals surface area contributed by atoms with Gasteiger partial charge in [0, 0.05) is 24.6 Å². The second-order valence-corrected chi connectivity index (χ2v) is 5.59. The third kappa shape index (κ3) is 3.19. The van der Waals surface area contributed by atoms with Crippen LogP contribution in [0.5, 0.6) is 0 Å². The van der Waals surface area contributed by atoms with Gasteiger partial charge in [-0.15, -0.1) is 0 Å². The zero-order valence-corrected chi connectivity index (χ0v) is 11.6. The molecule has 1 aliphatic rings. The second kappa shape index (κ2) is 5.65. The Labute approximate surface area is 108 Å². The number of aromatic amines is 1. The van der Waals surface area contributed by atoms with Crippen LogP contribution in [-0.2, 0) is 6.54 Å². The van der Waals surface area contributed by atoms with Crippen molar-refractivity contribution in [2.45, 2.75) is 58.5 Å². The van der Waals surface area contributed by atoms with E-state index in [1.54, 1.807) is 6.07 Å². The Hall–Kier alpha value is -1.16. The summed E-state index contributed by atoms with van der Waals surface area (Å²) in [5.74, 6) is 1.05. The largest absolute Gasteiger partial charge is 0.310 e. The predicted octanol–water partition coefficient (Wildman–Crippen LogP) is 2.27. The molecule has 0 aromatic carbocycles. The summed E-state index contributed by atoms with van der Waals surface area (Å²) in [4.78, 5) is 21.4. The third-order valence-corrected chi connectivity index (χ3v) is 3.67. The molecule has 0 saturated carbocycles. The highest BCUT2D eigenvalue weighted by Gasteiger charge is 2.19. The highest BCUT2D eigenvalue weighted by Crippen LogP contribution is 2.18. The lowest BCUT2D eigenvalue weighted by Gasteiger charge is -2.32. The van der Waals surface area contributed by atoms with E-state index in [2.05, 4.69) is 21.8 Å². The Morgan fingerprint density at radius 1 is 1.50 bits per heavy atom. The van der Waals surface area contributed by atoms with Crippen LogP contribution in [0.4, 0.5) is 0 Å². The maximum absolute atomic E-state index is 11.6. The summed E-state index contributed by atoms with van der Waals surface area (Å²) < 4.78 is 0. The van der Waals surface area contributed by atoms with Crippen molar-refractivity contribution in [1.29, 1.82) is 0 Å². The smallest absolute Gasteiger partial charge is 0.251 e. The maximum Gasteiger partial charge on any atom is 0.251 e. The number of nitrogens with zero attached hydrogens (tertiary/aromatic N) is 2. The number of rotatable bonds is 3. The molecule has 0 spiro atoms. The fourth-order valence-corrected chi connectivity index (χ4v) is 2.48. The Morgan fingerprint density at radius 2 is 2.28 bits per heavy atom. The number of H-pyrrole nitrogens is 1. The summed E-state index contributed by atoms with van der Waals surface area (Å²) >= 11 is 0. The molecule has 0 aliphatic carbocycles. The summed E-state index contributed by atoms with van der Waals surface area (Å²) in [5.41, 5.74) is 0.865. The van der Waals surface area contributed by atoms with E-state index in [-0.39, 0.29) is 11.5 Å². The molecule has 4 heteroatoms. The van der Waals surface area contributed by atoms with Gasteiger partial charge in [0.15, 0.2) is 0 Å². The molecule has 1 N–H and O–H groups in total. The molecule has 0 amide bonds. The molecule has 1 atom stereocenters. The number of hydrogen-bond acceptors (Lipinski definition) is 3. The van der Waals surface area contributed by atoms with Gasteiger partial charge in [0.05, 0.1) is 5.69 Å². The third-order valence-electron chi connectivity index (χ3n) is 3.67. The number of nitrogens with one attached hydrogen (secondary N) is 1. The van der Waals surface area contributed by atoms with Gasteiger partial charge in [0.2, 0.25) is 0 Å². The highest BCUT2D eigenvalue weighted by molar-refractivity contribution is 5.05. The van der Waals surface area contributed by atoms with Gasteiger partial charge in [-0.2, -0.15) is 0 Å². The number of hydrogen-bond donors (Lipinski definition) is 1. The predicted molar refractivity (Wildman–Crippen MR) is 72.7 cm³/mol. The normalized spacial score (nSPS) is 21.4. The van der Waals surface area contributed by atoms with Crippen molar-refractivity contribution in [3.05, 3.63) is 27.9 Å². The van der Waals surface area contributed by atoms with Crippen LogP contribution in [0.2, 0.25) is 0 Å². The standard InChI is InChI=1S/C14H23N3O/c1-10(2)14-15-12(8-13(18)16-14)9-17-7-5-4-6-11(17)3/h8,10-11H,4-7,9H2,1-3H3,(H,15,16,18)/t11-/m1/s1. The van der Waals surface area contributed by atoms with Crippen molar-refractivity contribution >= 4 is 0 Å². The number of likely N-dealkylation sites (tertiary alicyclic amines) is 1. The first-order valence-electron chi connectivity index (χ1n) is 6.90. The van der Waals surface area contributed by atoms with Crippen molar-refractivity contribution in [2.24, 2.45) is 0 Å². The zero-order valence-electron chi connectivity index (χ0n) is 11.6. The van der Waals surface area contributed by atoms with E-state index >= 15 is 0 Å². The van der Waals surface area contributed by atoms with E-state index in [1.807, 2.05) is 13.8 Å². The van der Waals surface area contributed by atoms with Gasteiger partial charge in [0.1, 0.15) is 5.82 Å². The lowest BCUT2D eigenvalue weighted by molar-refractivity contribution is 0.150. The van der Waals surface area contributed by atoms with Gasteiger partial charge in [-0.1, -0.05) is 20.3 Å². The van der Waals surface area contributed by atoms with Gasteiger partial charge in [-0.25, -0.2) is 4.98 Å². The molecule has 1 fully saturated rings. The molecule has 1 aromatic heterocycles. The minimum absolute atomic E-state index is 0.0339. The first kappa shape index (κ1) is 13.3. The molecule has 2 heterocycles. The van der Waals surface area contributed by atoms with Crippen LogP contribution in [-0.4, -0.2) is 27.5 Å². The Kier molecular flexibility index (Phi) is 4.17. The molecule has 1 aliphatic heterocycles. The Bertz CT molecular complexity index is 453. The van der Waals surface area contributed by atoms with Gasteiger partial charge < -0.3 is 4.98 Å². The minimum atomic E-state index is -0.0339. The summed E-state index contributed by atoms with van der Waals surface area (Å²) in [6.07, 6.45) is 3.82. The van der Waals surface area contributed by atoms with Crippen molar-refractivity contribution < 1.29 is 0 Å². The van der Waals surface area contributed by atoms with E-state index in [9.17, 15) is 4.79 Å². The monoisotopic (exact) mass is 249 g/mol. The maximum atomic E-state index is 11.6. The van der Waals surface area contributed by atoms with Crippen LogP contribution in [0.3, 0.4) is 0 Å². The molecule has 18 heavy (non-hydrogen) atoms. The summed E-state index contributed by atoms with van der Waals surface area (Å²) in [7, 11) is 0. The summed E-state index contributed by atoms with van der Waals surface area (Å²) in [5, 5.41) is 0. The van der Waals surface area contributed by atoms with E-state index in [0.29, 0.717) is 6.04 Å². The van der Waals surface area contributed by atoms with Crippen molar-refractivity contribution in [3.8, 4) is 0 Å². The summed E-state index contributed by atoms with van der Waals surface area (Å²) in [6.45, 7) is 8.27. The molecule has 0 unspecified atom stereocenters. The average Bonchev–Trinajstić information content (AvgIpc) is 2.31. The lowest BCUT2D eigenvalue weighted by atomic mass is 10.0. The fourth-order valence-electron chi connectivity index (χ4n) is 2.48. The summed E-state index contributed by atoms with van der Waals surface area (Å²) in [6, 6.07) is 2.23. The molecular formula is C14H23N3O. The Balaban J connectivity index is 2.15. The van der Waals surface area contributed by atoms with Crippen LogP contribution >= 0.6 is 0 Å². The molecule has 4 nitrogen and oxygen atoms in total. The average molecular weight is 249 g/mol. The quantitative estimate of drug-likeness (QED) is 0.894. The van der Waals surface area contributed by atoms with E-state index in [0.717, 1.165) is 24.6 Å². The lowest BCUT2D eigenvalue weighted by Crippen LogP contribution is -2.37. The minimum Gasteiger partial charge on any atom is -0.310 e. The molecule has 1 aromatic rings. The topological polar surface area (TPSA) is 49.0 Å². The molecule has 0 radical (unpaired) electrons. The second-order valence-electron chi connectivity index (χ2n) is 5.59. The Morgan fingerprint density at radius 3 is 2.94 bits per heavy atom. The van der Waals surface area contributed by atoms with Crippen LogP contribution in [0.15, 0.2) is 10.9 Å². The van der Waals surface area contributed by atoms with Gasteiger partial charge in [-0.3, -0.25) is 9.69 Å². The van der Waals surface area contributed by atoms with Gasteiger partial charge in [-0.05, 0) is 26.3 Å². The molecule has 100 valence electrons. The van der Waals surface area contributed by atoms with Crippen LogP contribution in [0.25, 0.3) is 0 Å². The first-order valence-corrected chi connectivity index (χ1v) is 6.90. The molecule has 0 bridgehead atoms. The first-order chi connectivity index (χ1) is 8.56. The van der Waals surface area contributed by atoms with Gasteiger partial charge in [0.25, 0.3) is 5.56 Å². The van der Waals surface area contributed by atoms with Gasteiger partial charge >= 0.3 is 0 Å². The number of aromatic nitrogens is 2. The van der Waals surface area contributed by atoms with Crippen molar-refractivity contribution in [3.63, 3.8) is 0 Å². The highest BCUT2D eigenvalue weighted by atomic mass is 16.1. The van der Waals surface area contributed by atoms with Crippen LogP contribution in [0.1, 0.15) is 57.5 Å². The molecule has 2 rings (SSSR count). The zero-order chi connectivity index (χ0) is 13.1. The van der Waals surface area contributed by atoms with E-state index in [1.165, 1.54) is 19.3 Å². The SMILES string of the molecule is CC(C)c1nc(CN2CCCC[C@H]2C)cc(=O)[nH]1. The number of piperidine rings is 1. The van der Waals surface area contributed by atoms with E-state index in [4.69, 9.17) is 0 Å². The van der Waals surface area contributed by atoms with Crippen molar-refractivity contribution in [1.82, 2.24) is 14.9 Å². The molecular weight excluding hydrogens is 226 g/mol. The van der Waals surface area contributed by atoms with Crippen LogP contribution < -0.4 is 5.56 Å². The molecule has 1 saturated heterocycles. The van der Waals surface area contributed by atoms with E-state index < -0.39 is 0 Å². The van der Waals surface area contributed by atoms with Crippen LogP contribution in [0, 0.1) is 0 Å². The fraction of sp³-hybridized carbons (Fsp3) is 0.714.